The molecule has 0 aliphatic rings. The number of carbonyl (C=O) groups is 1. The number of aromatic amines is 1. The zero-order chi connectivity index (χ0) is 24.5. The molecule has 2 heterocycles. The zero-order valence-corrected chi connectivity index (χ0v) is 20.3. The first kappa shape index (κ1) is 22.7. The molecule has 5 rings (SSSR count). The molecule has 0 bridgehead atoms. The first-order valence-electron chi connectivity index (χ1n) is 11.0. The van der Waals surface area contributed by atoms with E-state index in [1.165, 1.54) is 16.3 Å². The molecular formula is C27H23N3O4S. The van der Waals surface area contributed by atoms with Crippen LogP contribution in [0.2, 0.25) is 0 Å². The molecule has 176 valence electrons. The lowest BCUT2D eigenvalue weighted by atomic mass is 10.1. The highest BCUT2D eigenvalue weighted by Crippen LogP contribution is 2.30. The van der Waals surface area contributed by atoms with Crippen molar-refractivity contribution >= 4 is 39.5 Å². The second-order valence-corrected chi connectivity index (χ2v) is 8.99. The Morgan fingerprint density at radius 2 is 1.80 bits per heavy atom. The van der Waals surface area contributed by atoms with E-state index in [-0.39, 0.29) is 17.1 Å². The van der Waals surface area contributed by atoms with Gasteiger partial charge in [0.1, 0.15) is 22.5 Å². The fourth-order valence-corrected chi connectivity index (χ4v) is 4.91. The Morgan fingerprint density at radius 3 is 2.54 bits per heavy atom. The third-order valence-electron chi connectivity index (χ3n) is 5.81. The van der Waals surface area contributed by atoms with Crippen LogP contribution in [0.15, 0.2) is 76.7 Å². The molecule has 2 aromatic heterocycles. The molecule has 0 amide bonds. The van der Waals surface area contributed by atoms with E-state index in [2.05, 4.69) is 4.98 Å². The number of ether oxygens (including phenoxy) is 2. The number of methoxy groups -OCH3 is 2. The van der Waals surface area contributed by atoms with Crippen molar-refractivity contribution in [1.82, 2.24) is 14.5 Å². The van der Waals surface area contributed by atoms with Crippen molar-refractivity contribution in [3.63, 3.8) is 0 Å². The van der Waals surface area contributed by atoms with Crippen LogP contribution in [0.3, 0.4) is 0 Å². The number of nitrogens with one attached hydrogen (secondary N) is 1. The summed E-state index contributed by atoms with van der Waals surface area (Å²) in [7, 11) is 3.14. The fraction of sp³-hybridized carbons (Fsp3) is 0.148. The molecule has 1 N–H and O–H groups in total. The van der Waals surface area contributed by atoms with Crippen molar-refractivity contribution in [1.29, 1.82) is 0 Å². The molecule has 0 spiro atoms. The van der Waals surface area contributed by atoms with E-state index in [4.69, 9.17) is 14.5 Å². The third-order valence-corrected chi connectivity index (χ3v) is 6.75. The smallest absolute Gasteiger partial charge is 0.283 e. The minimum atomic E-state index is -0.255. The Bertz CT molecular complexity index is 1620. The summed E-state index contributed by atoms with van der Waals surface area (Å²) in [5.74, 6) is 1.26. The van der Waals surface area contributed by atoms with Crippen LogP contribution >= 0.6 is 11.8 Å². The molecule has 0 saturated heterocycles. The quantitative estimate of drug-likeness (QED) is 0.195. The summed E-state index contributed by atoms with van der Waals surface area (Å²) < 4.78 is 12.3. The van der Waals surface area contributed by atoms with E-state index in [0.29, 0.717) is 38.9 Å². The average Bonchev–Trinajstić information content (AvgIpc) is 3.26. The molecule has 0 aliphatic carbocycles. The predicted molar refractivity (Wildman–Crippen MR) is 139 cm³/mol. The number of para-hydroxylation sites is 1. The number of hydrogen-bond donors (Lipinski definition) is 1. The fourth-order valence-electron chi connectivity index (χ4n) is 4.02. The molecule has 7 nitrogen and oxygen atoms in total. The maximum absolute atomic E-state index is 13.8. The molecule has 0 fully saturated rings. The summed E-state index contributed by atoms with van der Waals surface area (Å²) in [5, 5.41) is 1.27. The van der Waals surface area contributed by atoms with Crippen molar-refractivity contribution in [2.45, 2.75) is 12.1 Å². The number of aryl methyl sites for hydroxylation is 1. The highest BCUT2D eigenvalue weighted by Gasteiger charge is 2.20. The van der Waals surface area contributed by atoms with Crippen molar-refractivity contribution < 1.29 is 14.3 Å². The highest BCUT2D eigenvalue weighted by atomic mass is 32.2. The van der Waals surface area contributed by atoms with Gasteiger partial charge >= 0.3 is 0 Å². The number of nitrogens with zero attached hydrogens (tertiary/aromatic N) is 2. The summed E-state index contributed by atoms with van der Waals surface area (Å²) in [6.45, 7) is 1.95. The maximum Gasteiger partial charge on any atom is 0.283 e. The predicted octanol–water partition coefficient (Wildman–Crippen LogP) is 5.17. The zero-order valence-electron chi connectivity index (χ0n) is 19.5. The van der Waals surface area contributed by atoms with E-state index in [9.17, 15) is 9.59 Å². The van der Waals surface area contributed by atoms with Crippen LogP contribution in [0.5, 0.6) is 11.5 Å². The largest absolute Gasteiger partial charge is 0.497 e. The lowest BCUT2D eigenvalue weighted by Crippen LogP contribution is -2.23. The summed E-state index contributed by atoms with van der Waals surface area (Å²) in [6.07, 6.45) is 0. The first-order chi connectivity index (χ1) is 17.0. The molecule has 5 aromatic rings. The van der Waals surface area contributed by atoms with Crippen LogP contribution in [0.1, 0.15) is 15.9 Å². The van der Waals surface area contributed by atoms with Crippen molar-refractivity contribution in [3.05, 3.63) is 88.2 Å². The van der Waals surface area contributed by atoms with E-state index in [1.54, 1.807) is 38.5 Å². The topological polar surface area (TPSA) is 86.2 Å². The summed E-state index contributed by atoms with van der Waals surface area (Å²) in [6, 6.07) is 20.2. The molecule has 8 heteroatoms. The highest BCUT2D eigenvalue weighted by molar-refractivity contribution is 7.99. The Kier molecular flexibility index (Phi) is 6.05. The van der Waals surface area contributed by atoms with Gasteiger partial charge < -0.3 is 14.5 Å². The van der Waals surface area contributed by atoms with Gasteiger partial charge in [-0.15, -0.1) is 0 Å². The third kappa shape index (κ3) is 4.17. The lowest BCUT2D eigenvalue weighted by Gasteiger charge is -2.15. The second-order valence-electron chi connectivity index (χ2n) is 8.04. The van der Waals surface area contributed by atoms with E-state index in [1.807, 2.05) is 49.4 Å². The number of H-pyrrole nitrogens is 1. The number of thioether (sulfide) groups is 1. The Hall–Kier alpha value is -4.04. The average molecular weight is 486 g/mol. The van der Waals surface area contributed by atoms with Gasteiger partial charge in [0.15, 0.2) is 10.9 Å². The molecule has 0 radical (unpaired) electrons. The minimum Gasteiger partial charge on any atom is -0.497 e. The van der Waals surface area contributed by atoms with Crippen LogP contribution in [-0.4, -0.2) is 40.3 Å². The van der Waals surface area contributed by atoms with Crippen LogP contribution in [0, 0.1) is 6.92 Å². The number of carbonyl (C=O) groups excluding carboxylic acids is 1. The summed E-state index contributed by atoms with van der Waals surface area (Å²) in [5.41, 5.74) is 3.66. The number of benzene rings is 3. The molecule has 35 heavy (non-hydrogen) atoms. The number of fused-ring (bicyclic) bond motifs is 3. The van der Waals surface area contributed by atoms with Gasteiger partial charge in [-0.2, -0.15) is 0 Å². The summed E-state index contributed by atoms with van der Waals surface area (Å²) >= 11 is 1.22. The Labute approximate surface area is 205 Å². The van der Waals surface area contributed by atoms with Gasteiger partial charge in [0.25, 0.3) is 5.56 Å². The van der Waals surface area contributed by atoms with Crippen LogP contribution < -0.4 is 15.0 Å². The van der Waals surface area contributed by atoms with Crippen LogP contribution in [0.25, 0.3) is 27.6 Å². The SMILES string of the molecule is COc1ccc(C(=O)CSc2nc3c([nH]c4ccccc43)c(=O)n2-c2cc(C)ccc2OC)cc1. The van der Waals surface area contributed by atoms with Crippen LogP contribution in [0.4, 0.5) is 0 Å². The molecule has 3 aromatic carbocycles. The number of hydrogen-bond acceptors (Lipinski definition) is 6. The molecule has 0 atom stereocenters. The molecule has 0 unspecified atom stereocenters. The molecule has 0 aliphatic heterocycles. The maximum atomic E-state index is 13.8. The van der Waals surface area contributed by atoms with Crippen molar-refractivity contribution in [2.24, 2.45) is 0 Å². The Morgan fingerprint density at radius 1 is 1.03 bits per heavy atom. The summed E-state index contributed by atoms with van der Waals surface area (Å²) in [4.78, 5) is 34.8. The number of Topliss-reactive ketones (excluding diaryl/α,β-unsaturated/α-hetero) is 1. The first-order valence-corrected chi connectivity index (χ1v) is 12.0. The lowest BCUT2D eigenvalue weighted by molar-refractivity contribution is 0.102. The molecular weight excluding hydrogens is 462 g/mol. The standard InChI is InChI=1S/C27H23N3O4S/c1-16-8-13-23(34-3)21(14-16)30-26(32)25-24(19-6-4-5-7-20(19)28-25)29-27(30)35-15-22(31)17-9-11-18(33-2)12-10-17/h4-14,28H,15H2,1-3H3. The van der Waals surface area contributed by atoms with E-state index < -0.39 is 0 Å². The van der Waals surface area contributed by atoms with Gasteiger partial charge in [-0.05, 0) is 55.0 Å². The Balaban J connectivity index is 1.65. The van der Waals surface area contributed by atoms with Gasteiger partial charge in [0, 0.05) is 16.5 Å². The van der Waals surface area contributed by atoms with Gasteiger partial charge in [-0.3, -0.25) is 9.59 Å². The van der Waals surface area contributed by atoms with E-state index in [0.717, 1.165) is 16.5 Å². The van der Waals surface area contributed by atoms with Gasteiger partial charge in [0.2, 0.25) is 0 Å². The van der Waals surface area contributed by atoms with Gasteiger partial charge in [-0.1, -0.05) is 36.0 Å². The number of aromatic nitrogens is 3. The molecule has 0 saturated carbocycles. The second kappa shape index (κ2) is 9.31. The minimum absolute atomic E-state index is 0.0753. The van der Waals surface area contributed by atoms with Gasteiger partial charge in [0.05, 0.1) is 25.7 Å². The van der Waals surface area contributed by atoms with E-state index >= 15 is 0 Å². The van der Waals surface area contributed by atoms with Gasteiger partial charge in [-0.25, -0.2) is 9.55 Å². The van der Waals surface area contributed by atoms with Crippen molar-refractivity contribution in [2.75, 3.05) is 20.0 Å². The number of ketones is 1. The normalized spacial score (nSPS) is 11.2. The van der Waals surface area contributed by atoms with Crippen LogP contribution in [-0.2, 0) is 0 Å². The number of rotatable bonds is 7. The van der Waals surface area contributed by atoms with Crippen molar-refractivity contribution in [3.8, 4) is 17.2 Å². The monoisotopic (exact) mass is 485 g/mol.